The van der Waals surface area contributed by atoms with Crippen molar-refractivity contribution in [3.8, 4) is 6.07 Å². The monoisotopic (exact) mass is 366 g/mol. The highest BCUT2D eigenvalue weighted by Crippen LogP contribution is 2.29. The van der Waals surface area contributed by atoms with E-state index >= 15 is 0 Å². The van der Waals surface area contributed by atoms with Gasteiger partial charge in [0.15, 0.2) is 0 Å². The molecule has 21 heavy (non-hydrogen) atoms. The third-order valence-electron chi connectivity index (χ3n) is 2.84. The number of nitrogens with zero attached hydrogens (tertiary/aromatic N) is 3. The van der Waals surface area contributed by atoms with Gasteiger partial charge in [-0.2, -0.15) is 5.26 Å². The van der Waals surface area contributed by atoms with Gasteiger partial charge in [0.1, 0.15) is 16.7 Å². The molecule has 8 heteroatoms. The third-order valence-corrected chi connectivity index (χ3v) is 5.09. The zero-order valence-electron chi connectivity index (χ0n) is 11.0. The summed E-state index contributed by atoms with van der Waals surface area (Å²) in [4.78, 5) is 3.76. The summed E-state index contributed by atoms with van der Waals surface area (Å²) in [7, 11) is -2.38. The summed E-state index contributed by atoms with van der Waals surface area (Å²) in [5, 5.41) is 8.69. The van der Waals surface area contributed by atoms with Crippen LogP contribution in [0.4, 0.5) is 11.4 Å². The van der Waals surface area contributed by atoms with E-state index < -0.39 is 10.0 Å². The Bertz CT molecular complexity index is 813. The highest BCUT2D eigenvalue weighted by Gasteiger charge is 2.23. The highest BCUT2D eigenvalue weighted by atomic mass is 79.9. The first-order valence-electron chi connectivity index (χ1n) is 5.76. The Morgan fingerprint density at radius 1 is 1.33 bits per heavy atom. The fourth-order valence-electron chi connectivity index (χ4n) is 1.70. The van der Waals surface area contributed by atoms with Crippen molar-refractivity contribution in [2.75, 3.05) is 17.1 Å². The Morgan fingerprint density at radius 2 is 2.05 bits per heavy atom. The van der Waals surface area contributed by atoms with Crippen molar-refractivity contribution in [1.29, 1.82) is 5.26 Å². The van der Waals surface area contributed by atoms with Crippen LogP contribution < -0.4 is 10.0 Å². The van der Waals surface area contributed by atoms with Crippen molar-refractivity contribution in [2.24, 2.45) is 0 Å². The summed E-state index contributed by atoms with van der Waals surface area (Å²) in [6.45, 7) is 0. The maximum Gasteiger partial charge on any atom is 0.265 e. The minimum atomic E-state index is -3.79. The largest absolute Gasteiger partial charge is 0.397 e. The zero-order valence-corrected chi connectivity index (χ0v) is 13.4. The molecule has 108 valence electrons. The van der Waals surface area contributed by atoms with Crippen LogP contribution in [0.15, 0.2) is 45.9 Å². The molecule has 0 saturated carbocycles. The van der Waals surface area contributed by atoms with Crippen molar-refractivity contribution in [2.45, 2.75) is 4.90 Å². The minimum Gasteiger partial charge on any atom is -0.397 e. The molecule has 6 nitrogen and oxygen atoms in total. The zero-order chi connectivity index (χ0) is 15.6. The number of hydrogen-bond donors (Lipinski definition) is 1. The number of nitrogens with two attached hydrogens (primary N) is 1. The molecule has 1 aromatic heterocycles. The summed E-state index contributed by atoms with van der Waals surface area (Å²) in [6.07, 6.45) is 1.15. The van der Waals surface area contributed by atoms with Crippen molar-refractivity contribution < 1.29 is 8.42 Å². The lowest BCUT2D eigenvalue weighted by Gasteiger charge is -2.21. The van der Waals surface area contributed by atoms with E-state index in [0.29, 0.717) is 11.4 Å². The number of nitriles is 1. The van der Waals surface area contributed by atoms with E-state index in [4.69, 9.17) is 11.0 Å². The molecule has 0 unspecified atom stereocenters. The topological polar surface area (TPSA) is 100 Å². The number of anilines is 2. The van der Waals surface area contributed by atoms with Gasteiger partial charge in [-0.25, -0.2) is 13.4 Å². The van der Waals surface area contributed by atoms with Gasteiger partial charge in [-0.3, -0.25) is 4.31 Å². The van der Waals surface area contributed by atoms with E-state index in [-0.39, 0.29) is 10.6 Å². The summed E-state index contributed by atoms with van der Waals surface area (Å²) in [5.74, 6) is 0. The molecule has 0 fully saturated rings. The molecule has 0 saturated heterocycles. The first-order chi connectivity index (χ1) is 9.86. The number of nitrogen functional groups attached to an aromatic ring is 1. The molecule has 0 spiro atoms. The van der Waals surface area contributed by atoms with Gasteiger partial charge in [0.25, 0.3) is 10.0 Å². The minimum absolute atomic E-state index is 0.00804. The smallest absolute Gasteiger partial charge is 0.265 e. The van der Waals surface area contributed by atoms with Gasteiger partial charge in [0.2, 0.25) is 0 Å². The van der Waals surface area contributed by atoms with Gasteiger partial charge >= 0.3 is 0 Å². The van der Waals surface area contributed by atoms with Gasteiger partial charge < -0.3 is 5.73 Å². The number of aromatic nitrogens is 1. The Balaban J connectivity index is 2.45. The molecule has 0 aliphatic heterocycles. The quantitative estimate of drug-likeness (QED) is 0.838. The molecular formula is C13H11BrN4O2S. The fraction of sp³-hybridized carbons (Fsp3) is 0.0769. The molecule has 0 aliphatic rings. The van der Waals surface area contributed by atoms with Crippen molar-refractivity contribution >= 4 is 37.3 Å². The van der Waals surface area contributed by atoms with E-state index in [1.165, 1.54) is 19.2 Å². The predicted molar refractivity (Wildman–Crippen MR) is 83.1 cm³/mol. The maximum atomic E-state index is 12.5. The van der Waals surface area contributed by atoms with Crippen molar-refractivity contribution in [1.82, 2.24) is 4.98 Å². The van der Waals surface area contributed by atoms with Crippen molar-refractivity contribution in [3.63, 3.8) is 0 Å². The average molecular weight is 367 g/mol. The van der Waals surface area contributed by atoms with Crippen LogP contribution in [0.1, 0.15) is 5.69 Å². The number of rotatable bonds is 3. The Hall–Kier alpha value is -2.11. The lowest BCUT2D eigenvalue weighted by Crippen LogP contribution is -2.27. The molecule has 0 radical (unpaired) electrons. The number of benzene rings is 1. The van der Waals surface area contributed by atoms with E-state index in [1.54, 1.807) is 18.2 Å². The molecule has 0 atom stereocenters. The third kappa shape index (κ3) is 2.99. The fourth-order valence-corrected chi connectivity index (χ4v) is 3.24. The molecular weight excluding hydrogens is 356 g/mol. The van der Waals surface area contributed by atoms with Gasteiger partial charge in [-0.1, -0.05) is 15.9 Å². The second-order valence-corrected chi connectivity index (χ2v) is 7.05. The van der Waals surface area contributed by atoms with Crippen LogP contribution in [0.5, 0.6) is 0 Å². The van der Waals surface area contributed by atoms with Crippen LogP contribution in [0.3, 0.4) is 0 Å². The molecule has 2 rings (SSSR count). The van der Waals surface area contributed by atoms with E-state index in [0.717, 1.165) is 15.0 Å². The van der Waals surface area contributed by atoms with Gasteiger partial charge in [0, 0.05) is 17.7 Å². The molecule has 1 heterocycles. The van der Waals surface area contributed by atoms with Gasteiger partial charge in [0.05, 0.1) is 11.4 Å². The number of hydrogen-bond acceptors (Lipinski definition) is 5. The molecule has 2 N–H and O–H groups in total. The normalized spacial score (nSPS) is 10.9. The first-order valence-corrected chi connectivity index (χ1v) is 7.99. The molecule has 1 aromatic carbocycles. The Kier molecular flexibility index (Phi) is 4.16. The summed E-state index contributed by atoms with van der Waals surface area (Å²) in [6, 6.07) is 9.46. The Labute approximate surface area is 131 Å². The predicted octanol–water partition coefficient (Wildman–Crippen LogP) is 2.12. The van der Waals surface area contributed by atoms with E-state index in [2.05, 4.69) is 20.9 Å². The van der Waals surface area contributed by atoms with Crippen LogP contribution >= 0.6 is 15.9 Å². The van der Waals surface area contributed by atoms with Crippen LogP contribution in [0.2, 0.25) is 0 Å². The average Bonchev–Trinajstić information content (AvgIpc) is 2.46. The lowest BCUT2D eigenvalue weighted by molar-refractivity contribution is 0.594. The van der Waals surface area contributed by atoms with Crippen molar-refractivity contribution in [3.05, 3.63) is 46.7 Å². The van der Waals surface area contributed by atoms with Gasteiger partial charge in [-0.15, -0.1) is 0 Å². The Morgan fingerprint density at radius 3 is 2.57 bits per heavy atom. The second-order valence-electron chi connectivity index (χ2n) is 4.17. The first kappa shape index (κ1) is 15.3. The molecule has 0 aliphatic carbocycles. The van der Waals surface area contributed by atoms with Gasteiger partial charge in [-0.05, 0) is 30.3 Å². The van der Waals surface area contributed by atoms with Crippen LogP contribution in [0, 0.1) is 11.3 Å². The summed E-state index contributed by atoms with van der Waals surface area (Å²) in [5.41, 5.74) is 6.69. The maximum absolute atomic E-state index is 12.5. The number of pyridine rings is 1. The lowest BCUT2D eigenvalue weighted by atomic mass is 10.3. The van der Waals surface area contributed by atoms with Crippen LogP contribution in [-0.2, 0) is 10.0 Å². The second kappa shape index (κ2) is 5.71. The SMILES string of the molecule is CN(c1ccc(Br)cc1N)S(=O)(=O)c1ccc(C#N)nc1. The number of halogens is 1. The van der Waals surface area contributed by atoms with E-state index in [1.807, 2.05) is 6.07 Å². The molecule has 0 bridgehead atoms. The summed E-state index contributed by atoms with van der Waals surface area (Å²) >= 11 is 3.27. The van der Waals surface area contributed by atoms with E-state index in [9.17, 15) is 8.42 Å². The summed E-state index contributed by atoms with van der Waals surface area (Å²) < 4.78 is 26.9. The standard InChI is InChI=1S/C13H11BrN4O2S/c1-18(13-5-2-9(14)6-12(13)16)21(19,20)11-4-3-10(7-15)17-8-11/h2-6,8H,16H2,1H3. The molecule has 0 amide bonds. The molecule has 2 aromatic rings. The number of sulfonamides is 1. The van der Waals surface area contributed by atoms with Crippen LogP contribution in [0.25, 0.3) is 0 Å². The van der Waals surface area contributed by atoms with Crippen LogP contribution in [-0.4, -0.2) is 20.4 Å². The highest BCUT2D eigenvalue weighted by molar-refractivity contribution is 9.10.